The standard InChI is InChI=1S/C12H12OS/c1-9(7-13)6-10-8-14-12-5-3-2-4-11(10)12/h2-6,8,13H,7H2,1H3/b9-6-. The van der Waals surface area contributed by atoms with Crippen LogP contribution in [-0.4, -0.2) is 11.7 Å². The molecule has 1 N–H and O–H groups in total. The molecule has 72 valence electrons. The molecule has 0 aliphatic heterocycles. The first-order valence-electron chi connectivity index (χ1n) is 4.55. The molecule has 1 heterocycles. The zero-order valence-corrected chi connectivity index (χ0v) is 8.84. The third kappa shape index (κ3) is 1.72. The van der Waals surface area contributed by atoms with Crippen LogP contribution in [0.4, 0.5) is 0 Å². The van der Waals surface area contributed by atoms with Crippen LogP contribution in [-0.2, 0) is 0 Å². The Morgan fingerprint density at radius 3 is 3.00 bits per heavy atom. The van der Waals surface area contributed by atoms with Crippen LogP contribution >= 0.6 is 11.3 Å². The minimum Gasteiger partial charge on any atom is -0.392 e. The van der Waals surface area contributed by atoms with Gasteiger partial charge in [-0.25, -0.2) is 0 Å². The Bertz CT molecular complexity index is 468. The average molecular weight is 204 g/mol. The van der Waals surface area contributed by atoms with Crippen molar-refractivity contribution < 1.29 is 5.11 Å². The molecule has 2 rings (SSSR count). The van der Waals surface area contributed by atoms with E-state index in [0.29, 0.717) is 0 Å². The van der Waals surface area contributed by atoms with Gasteiger partial charge in [-0.3, -0.25) is 0 Å². The van der Waals surface area contributed by atoms with Crippen LogP contribution in [0.1, 0.15) is 12.5 Å². The Hall–Kier alpha value is -1.12. The fraction of sp³-hybridized carbons (Fsp3) is 0.167. The van der Waals surface area contributed by atoms with E-state index in [1.54, 1.807) is 11.3 Å². The monoisotopic (exact) mass is 204 g/mol. The number of aliphatic hydroxyl groups excluding tert-OH is 1. The van der Waals surface area contributed by atoms with Crippen molar-refractivity contribution in [1.29, 1.82) is 0 Å². The maximum absolute atomic E-state index is 8.94. The first-order valence-corrected chi connectivity index (χ1v) is 5.43. The molecule has 0 radical (unpaired) electrons. The minimum atomic E-state index is 0.129. The first kappa shape index (κ1) is 9.44. The number of rotatable bonds is 2. The molecule has 2 heteroatoms. The number of benzene rings is 1. The highest BCUT2D eigenvalue weighted by Crippen LogP contribution is 2.27. The Balaban J connectivity index is 2.53. The molecule has 0 spiro atoms. The topological polar surface area (TPSA) is 20.2 Å². The van der Waals surface area contributed by atoms with Gasteiger partial charge in [-0.2, -0.15) is 0 Å². The fourth-order valence-corrected chi connectivity index (χ4v) is 2.34. The molecule has 1 nitrogen and oxygen atoms in total. The second-order valence-electron chi connectivity index (χ2n) is 3.34. The van der Waals surface area contributed by atoms with Gasteiger partial charge in [0, 0.05) is 4.70 Å². The summed E-state index contributed by atoms with van der Waals surface area (Å²) in [6, 6.07) is 8.32. The lowest BCUT2D eigenvalue weighted by atomic mass is 10.1. The Kier molecular flexibility index (Phi) is 2.66. The van der Waals surface area contributed by atoms with Crippen molar-refractivity contribution in [3.63, 3.8) is 0 Å². The summed E-state index contributed by atoms with van der Waals surface area (Å²) in [6.45, 7) is 2.07. The predicted molar refractivity (Wildman–Crippen MR) is 62.6 cm³/mol. The van der Waals surface area contributed by atoms with E-state index in [0.717, 1.165) is 5.57 Å². The molecule has 0 saturated heterocycles. The lowest BCUT2D eigenvalue weighted by molar-refractivity contribution is 0.332. The highest BCUT2D eigenvalue weighted by molar-refractivity contribution is 7.17. The molecule has 0 saturated carbocycles. The quantitative estimate of drug-likeness (QED) is 0.795. The maximum atomic E-state index is 8.94. The van der Waals surface area contributed by atoms with E-state index in [4.69, 9.17) is 5.11 Å². The number of fused-ring (bicyclic) bond motifs is 1. The minimum absolute atomic E-state index is 0.129. The lowest BCUT2D eigenvalue weighted by Gasteiger charge is -1.94. The van der Waals surface area contributed by atoms with Gasteiger partial charge in [0.05, 0.1) is 6.61 Å². The van der Waals surface area contributed by atoms with Crippen LogP contribution in [0.15, 0.2) is 35.2 Å². The summed E-state index contributed by atoms with van der Waals surface area (Å²) in [5.41, 5.74) is 2.20. The molecule has 0 amide bonds. The van der Waals surface area contributed by atoms with Gasteiger partial charge in [-0.15, -0.1) is 11.3 Å². The molecule has 0 aliphatic carbocycles. The van der Waals surface area contributed by atoms with Crippen molar-refractivity contribution in [2.75, 3.05) is 6.61 Å². The van der Waals surface area contributed by atoms with Gasteiger partial charge >= 0.3 is 0 Å². The van der Waals surface area contributed by atoms with Gasteiger partial charge in [-0.1, -0.05) is 24.3 Å². The van der Waals surface area contributed by atoms with Gasteiger partial charge in [-0.05, 0) is 34.9 Å². The summed E-state index contributed by atoms with van der Waals surface area (Å²) in [6.07, 6.45) is 2.04. The fourth-order valence-electron chi connectivity index (χ4n) is 1.42. The van der Waals surface area contributed by atoms with Crippen molar-refractivity contribution in [1.82, 2.24) is 0 Å². The third-order valence-corrected chi connectivity index (χ3v) is 3.14. The average Bonchev–Trinajstić information content (AvgIpc) is 2.62. The molecule has 0 fully saturated rings. The maximum Gasteiger partial charge on any atom is 0.0642 e. The number of aliphatic hydroxyl groups is 1. The van der Waals surface area contributed by atoms with Gasteiger partial charge in [0.2, 0.25) is 0 Å². The number of hydrogen-bond donors (Lipinski definition) is 1. The van der Waals surface area contributed by atoms with Crippen LogP contribution < -0.4 is 0 Å². The van der Waals surface area contributed by atoms with Crippen molar-refractivity contribution in [3.8, 4) is 0 Å². The van der Waals surface area contributed by atoms with Gasteiger partial charge in [0.25, 0.3) is 0 Å². The molecule has 0 unspecified atom stereocenters. The van der Waals surface area contributed by atoms with Crippen LogP contribution in [0.5, 0.6) is 0 Å². The molecule has 1 aromatic heterocycles. The van der Waals surface area contributed by atoms with Crippen LogP contribution in [0.3, 0.4) is 0 Å². The molecular weight excluding hydrogens is 192 g/mol. The highest BCUT2D eigenvalue weighted by atomic mass is 32.1. The molecule has 0 bridgehead atoms. The van der Waals surface area contributed by atoms with Crippen LogP contribution in [0, 0.1) is 0 Å². The van der Waals surface area contributed by atoms with Crippen molar-refractivity contribution >= 4 is 27.5 Å². The Labute approximate surface area is 87.3 Å². The van der Waals surface area contributed by atoms with E-state index in [1.165, 1.54) is 15.6 Å². The van der Waals surface area contributed by atoms with E-state index in [9.17, 15) is 0 Å². The predicted octanol–water partition coefficient (Wildman–Crippen LogP) is 3.30. The summed E-state index contributed by atoms with van der Waals surface area (Å²) in [7, 11) is 0. The zero-order valence-electron chi connectivity index (χ0n) is 8.03. The third-order valence-electron chi connectivity index (χ3n) is 2.16. The van der Waals surface area contributed by atoms with Crippen molar-refractivity contribution in [2.45, 2.75) is 6.92 Å². The Morgan fingerprint density at radius 1 is 1.43 bits per heavy atom. The lowest BCUT2D eigenvalue weighted by Crippen LogP contribution is -1.82. The molecule has 0 aliphatic rings. The molecule has 0 atom stereocenters. The zero-order chi connectivity index (χ0) is 9.97. The Morgan fingerprint density at radius 2 is 2.21 bits per heavy atom. The van der Waals surface area contributed by atoms with Crippen LogP contribution in [0.25, 0.3) is 16.2 Å². The SMILES string of the molecule is C/C(=C/c1csc2ccccc12)CO. The van der Waals surface area contributed by atoms with E-state index in [1.807, 2.05) is 25.1 Å². The van der Waals surface area contributed by atoms with E-state index in [2.05, 4.69) is 17.5 Å². The van der Waals surface area contributed by atoms with E-state index < -0.39 is 0 Å². The second-order valence-corrected chi connectivity index (χ2v) is 4.25. The molecular formula is C12H12OS. The van der Waals surface area contributed by atoms with Gasteiger partial charge in [0.1, 0.15) is 0 Å². The summed E-state index contributed by atoms with van der Waals surface area (Å²) in [5.74, 6) is 0. The normalized spacial score (nSPS) is 12.3. The number of hydrogen-bond acceptors (Lipinski definition) is 2. The summed E-state index contributed by atoms with van der Waals surface area (Å²) >= 11 is 1.74. The van der Waals surface area contributed by atoms with E-state index >= 15 is 0 Å². The smallest absolute Gasteiger partial charge is 0.0642 e. The van der Waals surface area contributed by atoms with Crippen LogP contribution in [0.2, 0.25) is 0 Å². The second kappa shape index (κ2) is 3.95. The van der Waals surface area contributed by atoms with E-state index in [-0.39, 0.29) is 6.61 Å². The van der Waals surface area contributed by atoms with Crippen molar-refractivity contribution in [2.24, 2.45) is 0 Å². The van der Waals surface area contributed by atoms with Gasteiger partial charge in [0.15, 0.2) is 0 Å². The number of thiophene rings is 1. The molecule has 14 heavy (non-hydrogen) atoms. The van der Waals surface area contributed by atoms with Crippen molar-refractivity contribution in [3.05, 3.63) is 40.8 Å². The van der Waals surface area contributed by atoms with Gasteiger partial charge < -0.3 is 5.11 Å². The summed E-state index contributed by atoms with van der Waals surface area (Å²) in [4.78, 5) is 0. The molecule has 1 aromatic carbocycles. The highest BCUT2D eigenvalue weighted by Gasteiger charge is 2.00. The summed E-state index contributed by atoms with van der Waals surface area (Å²) < 4.78 is 1.30. The molecule has 2 aromatic rings. The first-order chi connectivity index (χ1) is 6.81. The largest absolute Gasteiger partial charge is 0.392 e. The summed E-state index contributed by atoms with van der Waals surface area (Å²) in [5, 5.41) is 12.3.